The standard InChI is InChI=1S/C13H12F5N3O3/c1-5-4-21-6(3-7(19-21)23-11(14)15)9-8(5)10(20-24-9)12(2,22)13(16,17)18/h3,5,11,22H,4H2,1-2H3/t5-,12+/m0/s1. The third-order valence-corrected chi connectivity index (χ3v) is 3.88. The van der Waals surface area contributed by atoms with Crippen molar-refractivity contribution < 1.29 is 36.3 Å². The first kappa shape index (κ1) is 16.7. The summed E-state index contributed by atoms with van der Waals surface area (Å²) in [7, 11) is 0. The Labute approximate surface area is 131 Å². The maximum Gasteiger partial charge on any atom is 0.422 e. The maximum atomic E-state index is 13.1. The Balaban J connectivity index is 2.10. The van der Waals surface area contributed by atoms with Crippen molar-refractivity contribution in [2.45, 2.75) is 44.7 Å². The molecule has 0 fully saturated rings. The molecule has 3 heterocycles. The Morgan fingerprint density at radius 3 is 2.67 bits per heavy atom. The predicted octanol–water partition coefficient (Wildman–Crippen LogP) is 3.03. The van der Waals surface area contributed by atoms with Crippen LogP contribution in [0.2, 0.25) is 0 Å². The average molecular weight is 353 g/mol. The molecule has 2 aromatic heterocycles. The van der Waals surface area contributed by atoms with Crippen molar-refractivity contribution in [2.24, 2.45) is 0 Å². The van der Waals surface area contributed by atoms with Crippen molar-refractivity contribution in [1.29, 1.82) is 0 Å². The van der Waals surface area contributed by atoms with Gasteiger partial charge in [0, 0.05) is 24.1 Å². The van der Waals surface area contributed by atoms with E-state index in [1.54, 1.807) is 6.92 Å². The fourth-order valence-electron chi connectivity index (χ4n) is 2.64. The van der Waals surface area contributed by atoms with Gasteiger partial charge in [0.25, 0.3) is 0 Å². The van der Waals surface area contributed by atoms with Gasteiger partial charge in [-0.1, -0.05) is 12.1 Å². The van der Waals surface area contributed by atoms with Crippen LogP contribution < -0.4 is 4.74 Å². The third kappa shape index (κ3) is 2.43. The molecule has 0 amide bonds. The molecule has 0 saturated carbocycles. The van der Waals surface area contributed by atoms with Crippen molar-refractivity contribution >= 4 is 0 Å². The van der Waals surface area contributed by atoms with Gasteiger partial charge in [0.15, 0.2) is 5.76 Å². The second-order valence-electron chi connectivity index (χ2n) is 5.67. The van der Waals surface area contributed by atoms with Crippen molar-refractivity contribution in [3.8, 4) is 17.3 Å². The molecule has 0 saturated heterocycles. The number of fused-ring (bicyclic) bond motifs is 3. The number of hydrogen-bond acceptors (Lipinski definition) is 5. The Kier molecular flexibility index (Phi) is 3.59. The fraction of sp³-hybridized carbons (Fsp3) is 0.538. The van der Waals surface area contributed by atoms with E-state index in [-0.39, 0.29) is 29.4 Å². The Morgan fingerprint density at radius 2 is 2.08 bits per heavy atom. The van der Waals surface area contributed by atoms with Crippen LogP contribution in [0.1, 0.15) is 31.0 Å². The number of halogens is 5. The van der Waals surface area contributed by atoms with E-state index in [1.165, 1.54) is 4.68 Å². The maximum absolute atomic E-state index is 13.1. The number of rotatable bonds is 3. The summed E-state index contributed by atoms with van der Waals surface area (Å²) in [6, 6.07) is 1.12. The van der Waals surface area contributed by atoms with E-state index >= 15 is 0 Å². The largest absolute Gasteiger partial charge is 0.422 e. The summed E-state index contributed by atoms with van der Waals surface area (Å²) in [6.45, 7) is -0.828. The van der Waals surface area contributed by atoms with E-state index in [0.717, 1.165) is 6.07 Å². The van der Waals surface area contributed by atoms with Crippen LogP contribution in [-0.4, -0.2) is 32.8 Å². The average Bonchev–Trinajstić information content (AvgIpc) is 3.00. The quantitative estimate of drug-likeness (QED) is 0.859. The van der Waals surface area contributed by atoms with Crippen LogP contribution >= 0.6 is 0 Å². The van der Waals surface area contributed by atoms with Gasteiger partial charge >= 0.3 is 12.8 Å². The molecule has 2 aromatic rings. The zero-order valence-corrected chi connectivity index (χ0v) is 12.4. The van der Waals surface area contributed by atoms with Gasteiger partial charge in [0.05, 0.1) is 0 Å². The Hall–Kier alpha value is -2.17. The second kappa shape index (κ2) is 5.16. The minimum atomic E-state index is -4.96. The van der Waals surface area contributed by atoms with E-state index in [0.29, 0.717) is 6.92 Å². The van der Waals surface area contributed by atoms with Gasteiger partial charge in [-0.2, -0.15) is 22.0 Å². The number of nitrogens with zero attached hydrogens (tertiary/aromatic N) is 3. The number of hydrogen-bond donors (Lipinski definition) is 1. The summed E-state index contributed by atoms with van der Waals surface area (Å²) >= 11 is 0. The minimum Gasteiger partial charge on any atom is -0.415 e. The highest BCUT2D eigenvalue weighted by molar-refractivity contribution is 5.63. The van der Waals surface area contributed by atoms with Gasteiger partial charge in [0.2, 0.25) is 11.5 Å². The van der Waals surface area contributed by atoms with Crippen LogP contribution in [0.4, 0.5) is 22.0 Å². The summed E-state index contributed by atoms with van der Waals surface area (Å²) in [6.07, 6.45) is -4.96. The molecule has 0 radical (unpaired) electrons. The zero-order chi connectivity index (χ0) is 17.9. The zero-order valence-electron chi connectivity index (χ0n) is 12.4. The van der Waals surface area contributed by atoms with Gasteiger partial charge in [-0.3, -0.25) is 4.68 Å². The van der Waals surface area contributed by atoms with Crippen LogP contribution in [0.15, 0.2) is 10.6 Å². The molecular weight excluding hydrogens is 341 g/mol. The fourth-order valence-corrected chi connectivity index (χ4v) is 2.64. The lowest BCUT2D eigenvalue weighted by Crippen LogP contribution is -2.40. The van der Waals surface area contributed by atoms with E-state index in [4.69, 9.17) is 4.52 Å². The summed E-state index contributed by atoms with van der Waals surface area (Å²) in [5, 5.41) is 17.0. The summed E-state index contributed by atoms with van der Waals surface area (Å²) in [4.78, 5) is 0. The van der Waals surface area contributed by atoms with Crippen molar-refractivity contribution in [1.82, 2.24) is 14.9 Å². The van der Waals surface area contributed by atoms with Crippen molar-refractivity contribution in [2.75, 3.05) is 0 Å². The van der Waals surface area contributed by atoms with Crippen LogP contribution in [0.5, 0.6) is 5.88 Å². The SMILES string of the molecule is C[C@H]1Cn2nc(OC(F)F)cc2-c2onc([C@@](C)(O)C(F)(F)F)c21. The molecule has 0 bridgehead atoms. The van der Waals surface area contributed by atoms with Crippen molar-refractivity contribution in [3.05, 3.63) is 17.3 Å². The summed E-state index contributed by atoms with van der Waals surface area (Å²) in [5.41, 5.74) is -3.65. The third-order valence-electron chi connectivity index (χ3n) is 3.88. The topological polar surface area (TPSA) is 73.3 Å². The predicted molar refractivity (Wildman–Crippen MR) is 68.4 cm³/mol. The lowest BCUT2D eigenvalue weighted by atomic mass is 9.88. The highest BCUT2D eigenvalue weighted by Gasteiger charge is 2.55. The second-order valence-corrected chi connectivity index (χ2v) is 5.67. The number of aromatic nitrogens is 3. The molecule has 132 valence electrons. The summed E-state index contributed by atoms with van der Waals surface area (Å²) in [5.74, 6) is -0.993. The van der Waals surface area contributed by atoms with Crippen LogP contribution in [0.25, 0.3) is 11.5 Å². The number of alkyl halides is 5. The first-order chi connectivity index (χ1) is 11.0. The molecule has 3 rings (SSSR count). The van der Waals surface area contributed by atoms with Gasteiger partial charge in [-0.05, 0) is 6.92 Å². The van der Waals surface area contributed by atoms with E-state index in [1.807, 2.05) is 0 Å². The van der Waals surface area contributed by atoms with E-state index in [2.05, 4.69) is 15.0 Å². The molecule has 1 aliphatic heterocycles. The first-order valence-corrected chi connectivity index (χ1v) is 6.84. The van der Waals surface area contributed by atoms with E-state index < -0.39 is 30.0 Å². The van der Waals surface area contributed by atoms with Gasteiger partial charge in [-0.25, -0.2) is 0 Å². The first-order valence-electron chi connectivity index (χ1n) is 6.84. The van der Waals surface area contributed by atoms with Gasteiger partial charge in [-0.15, -0.1) is 5.10 Å². The lowest BCUT2D eigenvalue weighted by molar-refractivity contribution is -0.261. The van der Waals surface area contributed by atoms with E-state index in [9.17, 15) is 27.1 Å². The molecule has 0 unspecified atom stereocenters. The highest BCUT2D eigenvalue weighted by Crippen LogP contribution is 2.46. The smallest absolute Gasteiger partial charge is 0.415 e. The summed E-state index contributed by atoms with van der Waals surface area (Å²) < 4.78 is 74.3. The molecule has 0 spiro atoms. The molecule has 0 aromatic carbocycles. The molecule has 6 nitrogen and oxygen atoms in total. The molecule has 1 aliphatic rings. The minimum absolute atomic E-state index is 0.0633. The van der Waals surface area contributed by atoms with Gasteiger partial charge < -0.3 is 14.4 Å². The van der Waals surface area contributed by atoms with Gasteiger partial charge in [0.1, 0.15) is 11.4 Å². The van der Waals surface area contributed by atoms with Crippen molar-refractivity contribution in [3.63, 3.8) is 0 Å². The monoisotopic (exact) mass is 353 g/mol. The molecule has 11 heteroatoms. The molecule has 0 aliphatic carbocycles. The molecular formula is C13H12F5N3O3. The molecule has 2 atom stereocenters. The lowest BCUT2D eigenvalue weighted by Gasteiger charge is -2.27. The Morgan fingerprint density at radius 1 is 1.42 bits per heavy atom. The highest BCUT2D eigenvalue weighted by atomic mass is 19.4. The van der Waals surface area contributed by atoms with Crippen LogP contribution in [0.3, 0.4) is 0 Å². The Bertz CT molecular complexity index is 765. The molecule has 24 heavy (non-hydrogen) atoms. The van der Waals surface area contributed by atoms with Crippen LogP contribution in [0, 0.1) is 0 Å². The normalized spacial score (nSPS) is 19.8. The number of aliphatic hydroxyl groups is 1. The molecule has 1 N–H and O–H groups in total. The number of ether oxygens (including phenoxy) is 1. The van der Waals surface area contributed by atoms with Crippen LogP contribution in [-0.2, 0) is 12.1 Å².